The van der Waals surface area contributed by atoms with E-state index in [0.29, 0.717) is 17.4 Å². The van der Waals surface area contributed by atoms with Crippen LogP contribution in [0.3, 0.4) is 0 Å². The van der Waals surface area contributed by atoms with E-state index in [1.165, 1.54) is 5.56 Å². The molecule has 5 heteroatoms. The lowest BCUT2D eigenvalue weighted by atomic mass is 10.1. The number of aliphatic hydroxyl groups is 1. The van der Waals surface area contributed by atoms with E-state index in [1.54, 1.807) is 12.1 Å². The van der Waals surface area contributed by atoms with E-state index in [9.17, 15) is 0 Å². The van der Waals surface area contributed by atoms with Crippen LogP contribution in [0.5, 0.6) is 0 Å². The third kappa shape index (κ3) is 3.70. The SMILES string of the molecule is N#Cc1nc(NCCc2ccc(CO)cc2)ccc1Cl. The maximum atomic E-state index is 8.97. The maximum Gasteiger partial charge on any atom is 0.161 e. The van der Waals surface area contributed by atoms with Crippen molar-refractivity contribution in [2.45, 2.75) is 13.0 Å². The van der Waals surface area contributed by atoms with Crippen LogP contribution in [0.15, 0.2) is 36.4 Å². The van der Waals surface area contributed by atoms with Crippen molar-refractivity contribution in [3.8, 4) is 6.07 Å². The molecule has 2 aromatic rings. The number of nitriles is 1. The Bertz CT molecular complexity index is 620. The third-order valence-electron chi connectivity index (χ3n) is 2.88. The first-order chi connectivity index (χ1) is 9.72. The summed E-state index contributed by atoms with van der Waals surface area (Å²) in [4.78, 5) is 4.11. The number of aliphatic hydroxyl groups excluding tert-OH is 1. The second-order valence-electron chi connectivity index (χ2n) is 4.29. The zero-order chi connectivity index (χ0) is 14.4. The van der Waals surface area contributed by atoms with Crippen LogP contribution in [0.2, 0.25) is 5.02 Å². The van der Waals surface area contributed by atoms with Gasteiger partial charge in [0.25, 0.3) is 0 Å². The Hall–Kier alpha value is -2.09. The van der Waals surface area contributed by atoms with Crippen molar-refractivity contribution in [3.63, 3.8) is 0 Å². The molecule has 1 aromatic heterocycles. The molecule has 2 rings (SSSR count). The molecule has 0 aliphatic heterocycles. The van der Waals surface area contributed by atoms with Crippen LogP contribution < -0.4 is 5.32 Å². The Balaban J connectivity index is 1.91. The quantitative estimate of drug-likeness (QED) is 0.887. The van der Waals surface area contributed by atoms with Crippen molar-refractivity contribution < 1.29 is 5.11 Å². The molecule has 20 heavy (non-hydrogen) atoms. The lowest BCUT2D eigenvalue weighted by molar-refractivity contribution is 0.282. The number of hydrogen-bond donors (Lipinski definition) is 2. The van der Waals surface area contributed by atoms with Crippen molar-refractivity contribution in [2.75, 3.05) is 11.9 Å². The average Bonchev–Trinajstić information content (AvgIpc) is 2.49. The monoisotopic (exact) mass is 287 g/mol. The van der Waals surface area contributed by atoms with Crippen LogP contribution in [0.4, 0.5) is 5.82 Å². The molecule has 2 N–H and O–H groups in total. The molecule has 4 nitrogen and oxygen atoms in total. The molecule has 0 bridgehead atoms. The summed E-state index contributed by atoms with van der Waals surface area (Å²) in [6.45, 7) is 0.766. The molecule has 0 saturated heterocycles. The van der Waals surface area contributed by atoms with Crippen LogP contribution in [0, 0.1) is 11.3 Å². The molecule has 0 fully saturated rings. The zero-order valence-corrected chi connectivity index (χ0v) is 11.6. The molecule has 0 aliphatic carbocycles. The number of benzene rings is 1. The van der Waals surface area contributed by atoms with Gasteiger partial charge in [0, 0.05) is 6.54 Å². The fraction of sp³-hybridized carbons (Fsp3) is 0.200. The van der Waals surface area contributed by atoms with Gasteiger partial charge in [-0.05, 0) is 29.7 Å². The second-order valence-corrected chi connectivity index (χ2v) is 4.70. The minimum atomic E-state index is 0.0597. The highest BCUT2D eigenvalue weighted by Crippen LogP contribution is 2.15. The normalized spacial score (nSPS) is 10.1. The summed E-state index contributed by atoms with van der Waals surface area (Å²) in [5, 5.41) is 21.3. The molecular formula is C15H14ClN3O. The maximum absolute atomic E-state index is 8.97. The highest BCUT2D eigenvalue weighted by Gasteiger charge is 2.02. The van der Waals surface area contributed by atoms with Gasteiger partial charge >= 0.3 is 0 Å². The van der Waals surface area contributed by atoms with Crippen molar-refractivity contribution in [1.82, 2.24) is 4.98 Å². The fourth-order valence-electron chi connectivity index (χ4n) is 1.77. The predicted molar refractivity (Wildman–Crippen MR) is 78.5 cm³/mol. The first kappa shape index (κ1) is 14.3. The number of nitrogens with one attached hydrogen (secondary N) is 1. The van der Waals surface area contributed by atoms with E-state index in [1.807, 2.05) is 30.3 Å². The molecule has 0 amide bonds. The Morgan fingerprint density at radius 3 is 2.50 bits per heavy atom. The first-order valence-electron chi connectivity index (χ1n) is 6.22. The average molecular weight is 288 g/mol. The van der Waals surface area contributed by atoms with E-state index >= 15 is 0 Å². The number of anilines is 1. The number of pyridine rings is 1. The Labute approximate surface area is 122 Å². The molecule has 102 valence electrons. The lowest BCUT2D eigenvalue weighted by Gasteiger charge is -2.07. The number of nitrogens with zero attached hydrogens (tertiary/aromatic N) is 2. The van der Waals surface area contributed by atoms with Crippen molar-refractivity contribution in [3.05, 3.63) is 58.2 Å². The fourth-order valence-corrected chi connectivity index (χ4v) is 1.91. The molecule has 0 aliphatic rings. The molecule has 0 saturated carbocycles. The van der Waals surface area contributed by atoms with E-state index < -0.39 is 0 Å². The van der Waals surface area contributed by atoms with E-state index in [4.69, 9.17) is 22.0 Å². The van der Waals surface area contributed by atoms with Gasteiger partial charge in [-0.3, -0.25) is 0 Å². The first-order valence-corrected chi connectivity index (χ1v) is 6.60. The lowest BCUT2D eigenvalue weighted by Crippen LogP contribution is -2.07. The molecular weight excluding hydrogens is 274 g/mol. The van der Waals surface area contributed by atoms with Crippen LogP contribution in [-0.4, -0.2) is 16.6 Å². The molecule has 0 unspecified atom stereocenters. The molecule has 0 atom stereocenters. The minimum absolute atomic E-state index is 0.0597. The van der Waals surface area contributed by atoms with Crippen molar-refractivity contribution >= 4 is 17.4 Å². The van der Waals surface area contributed by atoms with Gasteiger partial charge in [-0.15, -0.1) is 0 Å². The summed E-state index contributed by atoms with van der Waals surface area (Å²) in [6.07, 6.45) is 0.831. The van der Waals surface area contributed by atoms with Crippen LogP contribution in [0.25, 0.3) is 0 Å². The largest absolute Gasteiger partial charge is 0.392 e. The van der Waals surface area contributed by atoms with Gasteiger partial charge in [0.2, 0.25) is 0 Å². The summed E-state index contributed by atoms with van der Waals surface area (Å²) in [7, 11) is 0. The van der Waals surface area contributed by atoms with Gasteiger partial charge in [-0.1, -0.05) is 35.9 Å². The Morgan fingerprint density at radius 2 is 1.85 bits per heavy atom. The topological polar surface area (TPSA) is 68.9 Å². The number of aromatic nitrogens is 1. The van der Waals surface area contributed by atoms with Crippen molar-refractivity contribution in [2.24, 2.45) is 0 Å². The van der Waals surface area contributed by atoms with Gasteiger partial charge in [0.15, 0.2) is 5.69 Å². The smallest absolute Gasteiger partial charge is 0.161 e. The van der Waals surface area contributed by atoms with Gasteiger partial charge in [-0.2, -0.15) is 5.26 Å². The minimum Gasteiger partial charge on any atom is -0.392 e. The summed E-state index contributed by atoms with van der Waals surface area (Å²) >= 11 is 5.82. The highest BCUT2D eigenvalue weighted by atomic mass is 35.5. The summed E-state index contributed by atoms with van der Waals surface area (Å²) in [6, 6.07) is 13.1. The third-order valence-corrected chi connectivity index (χ3v) is 3.18. The van der Waals surface area contributed by atoms with Crippen LogP contribution in [-0.2, 0) is 13.0 Å². The van der Waals surface area contributed by atoms with Crippen LogP contribution >= 0.6 is 11.6 Å². The molecule has 1 aromatic carbocycles. The van der Waals surface area contributed by atoms with Gasteiger partial charge in [0.1, 0.15) is 11.9 Å². The molecule has 0 spiro atoms. The molecule has 0 radical (unpaired) electrons. The van der Waals surface area contributed by atoms with E-state index in [0.717, 1.165) is 12.0 Å². The number of halogens is 1. The highest BCUT2D eigenvalue weighted by molar-refractivity contribution is 6.31. The summed E-state index contributed by atoms with van der Waals surface area (Å²) in [5.41, 5.74) is 2.30. The summed E-state index contributed by atoms with van der Waals surface area (Å²) < 4.78 is 0. The number of rotatable bonds is 5. The van der Waals surface area contributed by atoms with E-state index in [-0.39, 0.29) is 12.3 Å². The summed E-state index contributed by atoms with van der Waals surface area (Å²) in [5.74, 6) is 0.637. The number of hydrogen-bond acceptors (Lipinski definition) is 4. The van der Waals surface area contributed by atoms with Gasteiger partial charge < -0.3 is 10.4 Å². The Kier molecular flexibility index (Phi) is 4.94. The standard InChI is InChI=1S/C15H14ClN3O/c16-13-5-6-15(19-14(13)9-17)18-8-7-11-1-3-12(10-20)4-2-11/h1-6,20H,7-8,10H2,(H,18,19). The van der Waals surface area contributed by atoms with Gasteiger partial charge in [0.05, 0.1) is 11.6 Å². The Morgan fingerprint density at radius 1 is 1.15 bits per heavy atom. The van der Waals surface area contributed by atoms with E-state index in [2.05, 4.69) is 10.3 Å². The molecule has 1 heterocycles. The van der Waals surface area contributed by atoms with Crippen molar-refractivity contribution in [1.29, 1.82) is 5.26 Å². The second kappa shape index (κ2) is 6.90. The van der Waals surface area contributed by atoms with Gasteiger partial charge in [-0.25, -0.2) is 4.98 Å². The predicted octanol–water partition coefficient (Wildman–Crippen LogP) is 2.75. The zero-order valence-electron chi connectivity index (χ0n) is 10.8. The van der Waals surface area contributed by atoms with Crippen LogP contribution in [0.1, 0.15) is 16.8 Å².